The first-order valence-electron chi connectivity index (χ1n) is 4.57. The molecule has 0 aliphatic rings. The third-order valence-corrected chi connectivity index (χ3v) is 1.49. The number of hydrogen-bond donors (Lipinski definition) is 2. The van der Waals surface area contributed by atoms with Crippen LogP contribution < -0.4 is 5.32 Å². The van der Waals surface area contributed by atoms with Crippen LogP contribution in [-0.4, -0.2) is 35.7 Å². The Hall–Kier alpha value is -1.10. The van der Waals surface area contributed by atoms with E-state index < -0.39 is 12.1 Å². The van der Waals surface area contributed by atoms with Gasteiger partial charge in [-0.25, -0.2) is 4.79 Å². The van der Waals surface area contributed by atoms with Gasteiger partial charge in [0.05, 0.1) is 6.61 Å². The van der Waals surface area contributed by atoms with Gasteiger partial charge < -0.3 is 15.2 Å². The maximum Gasteiger partial charge on any atom is 0.332 e. The molecule has 0 rings (SSSR count). The molecule has 2 N–H and O–H groups in total. The first-order valence-corrected chi connectivity index (χ1v) is 4.57. The largest absolute Gasteiger partial charge is 0.479 e. The first-order chi connectivity index (χ1) is 6.43. The molecule has 0 aromatic carbocycles. The van der Waals surface area contributed by atoms with E-state index in [0.29, 0.717) is 0 Å². The van der Waals surface area contributed by atoms with E-state index in [9.17, 15) is 9.59 Å². The summed E-state index contributed by atoms with van der Waals surface area (Å²) in [6.45, 7) is 5.28. The van der Waals surface area contributed by atoms with Crippen molar-refractivity contribution in [2.75, 3.05) is 6.61 Å². The van der Waals surface area contributed by atoms with E-state index in [1.165, 1.54) is 6.92 Å². The fourth-order valence-electron chi connectivity index (χ4n) is 0.794. The van der Waals surface area contributed by atoms with Crippen LogP contribution in [0.4, 0.5) is 0 Å². The van der Waals surface area contributed by atoms with Crippen molar-refractivity contribution in [1.29, 1.82) is 0 Å². The van der Waals surface area contributed by atoms with Gasteiger partial charge in [0.2, 0.25) is 5.91 Å². The number of nitrogens with one attached hydrogen (secondary N) is 1. The van der Waals surface area contributed by atoms with Crippen LogP contribution in [0.5, 0.6) is 0 Å². The van der Waals surface area contributed by atoms with E-state index in [4.69, 9.17) is 9.84 Å². The zero-order valence-electron chi connectivity index (χ0n) is 8.74. The summed E-state index contributed by atoms with van der Waals surface area (Å²) in [4.78, 5) is 21.4. The summed E-state index contributed by atoms with van der Waals surface area (Å²) in [6, 6.07) is 0.0967. The molecule has 0 aromatic rings. The SMILES string of the molecule is CC(C)NC(=O)CCOC(C)C(=O)O. The van der Waals surface area contributed by atoms with E-state index >= 15 is 0 Å². The molecule has 0 fully saturated rings. The molecule has 0 saturated carbocycles. The van der Waals surface area contributed by atoms with Gasteiger partial charge in [-0.05, 0) is 20.8 Å². The van der Waals surface area contributed by atoms with Crippen LogP contribution in [0.2, 0.25) is 0 Å². The van der Waals surface area contributed by atoms with E-state index in [-0.39, 0.29) is 25.0 Å². The average Bonchev–Trinajstić information content (AvgIpc) is 2.02. The lowest BCUT2D eigenvalue weighted by molar-refractivity contribution is -0.149. The van der Waals surface area contributed by atoms with Crippen molar-refractivity contribution in [2.45, 2.75) is 39.3 Å². The molecule has 0 bridgehead atoms. The highest BCUT2D eigenvalue weighted by molar-refractivity contribution is 5.76. The molecule has 0 saturated heterocycles. The highest BCUT2D eigenvalue weighted by atomic mass is 16.5. The number of carbonyl (C=O) groups is 2. The molecule has 0 spiro atoms. The van der Waals surface area contributed by atoms with Gasteiger partial charge in [0.1, 0.15) is 0 Å². The molecule has 0 aliphatic carbocycles. The van der Waals surface area contributed by atoms with Crippen LogP contribution in [0.3, 0.4) is 0 Å². The van der Waals surface area contributed by atoms with Crippen molar-refractivity contribution >= 4 is 11.9 Å². The van der Waals surface area contributed by atoms with E-state index in [2.05, 4.69) is 5.32 Å². The lowest BCUT2D eigenvalue weighted by atomic mass is 10.3. The van der Waals surface area contributed by atoms with Crippen molar-refractivity contribution in [3.63, 3.8) is 0 Å². The normalized spacial score (nSPS) is 12.6. The quantitative estimate of drug-likeness (QED) is 0.654. The lowest BCUT2D eigenvalue weighted by Gasteiger charge is -2.10. The number of rotatable bonds is 6. The predicted molar refractivity (Wildman–Crippen MR) is 50.9 cm³/mol. The van der Waals surface area contributed by atoms with E-state index in [0.717, 1.165) is 0 Å². The zero-order valence-corrected chi connectivity index (χ0v) is 8.74. The summed E-state index contributed by atoms with van der Waals surface area (Å²) in [5.74, 6) is -1.15. The molecule has 1 amide bonds. The Kier molecular flexibility index (Phi) is 5.87. The molecule has 0 aliphatic heterocycles. The summed E-state index contributed by atoms with van der Waals surface area (Å²) >= 11 is 0. The van der Waals surface area contributed by atoms with Crippen molar-refractivity contribution < 1.29 is 19.4 Å². The van der Waals surface area contributed by atoms with Crippen LogP contribution in [0, 0.1) is 0 Å². The standard InChI is InChI=1S/C9H17NO4/c1-6(2)10-8(11)4-5-14-7(3)9(12)13/h6-7H,4-5H2,1-3H3,(H,10,11)(H,12,13). The molecule has 0 heterocycles. The van der Waals surface area contributed by atoms with Crippen LogP contribution >= 0.6 is 0 Å². The minimum absolute atomic E-state index is 0.0967. The molecule has 5 heteroatoms. The van der Waals surface area contributed by atoms with Gasteiger partial charge >= 0.3 is 5.97 Å². The van der Waals surface area contributed by atoms with Gasteiger partial charge in [0.15, 0.2) is 6.10 Å². The maximum atomic E-state index is 11.1. The zero-order chi connectivity index (χ0) is 11.1. The molecular weight excluding hydrogens is 186 g/mol. The minimum atomic E-state index is -1.02. The molecule has 14 heavy (non-hydrogen) atoms. The molecule has 0 aromatic heterocycles. The highest BCUT2D eigenvalue weighted by Gasteiger charge is 2.11. The maximum absolute atomic E-state index is 11.1. The molecule has 0 radical (unpaired) electrons. The highest BCUT2D eigenvalue weighted by Crippen LogP contribution is 1.93. The average molecular weight is 203 g/mol. The van der Waals surface area contributed by atoms with Gasteiger partial charge in [-0.1, -0.05) is 0 Å². The monoisotopic (exact) mass is 203 g/mol. The number of carbonyl (C=O) groups excluding carboxylic acids is 1. The summed E-state index contributed by atoms with van der Waals surface area (Å²) < 4.78 is 4.90. The molecule has 1 atom stereocenters. The lowest BCUT2D eigenvalue weighted by Crippen LogP contribution is -2.31. The summed E-state index contributed by atoms with van der Waals surface area (Å²) in [6.07, 6.45) is -0.669. The molecule has 82 valence electrons. The number of carboxylic acids is 1. The number of amides is 1. The van der Waals surface area contributed by atoms with Crippen LogP contribution in [0.25, 0.3) is 0 Å². The topological polar surface area (TPSA) is 75.6 Å². The number of aliphatic carboxylic acids is 1. The summed E-state index contributed by atoms with van der Waals surface area (Å²) in [7, 11) is 0. The van der Waals surface area contributed by atoms with Crippen molar-refractivity contribution in [3.05, 3.63) is 0 Å². The first kappa shape index (κ1) is 12.9. The van der Waals surface area contributed by atoms with Crippen LogP contribution in [0.1, 0.15) is 27.2 Å². The Labute approximate surface area is 83.4 Å². The third-order valence-electron chi connectivity index (χ3n) is 1.49. The number of carboxylic acid groups (broad SMARTS) is 1. The van der Waals surface area contributed by atoms with Crippen LogP contribution in [-0.2, 0) is 14.3 Å². The Morgan fingerprint density at radius 2 is 1.93 bits per heavy atom. The fraction of sp³-hybridized carbons (Fsp3) is 0.778. The second-order valence-corrected chi connectivity index (χ2v) is 3.32. The second kappa shape index (κ2) is 6.37. The van der Waals surface area contributed by atoms with Crippen molar-refractivity contribution in [1.82, 2.24) is 5.32 Å². The minimum Gasteiger partial charge on any atom is -0.479 e. The van der Waals surface area contributed by atoms with Gasteiger partial charge in [-0.2, -0.15) is 0 Å². The molecule has 1 unspecified atom stereocenters. The molecular formula is C9H17NO4. The Morgan fingerprint density at radius 1 is 1.36 bits per heavy atom. The van der Waals surface area contributed by atoms with Crippen molar-refractivity contribution in [3.8, 4) is 0 Å². The van der Waals surface area contributed by atoms with Gasteiger partial charge in [0.25, 0.3) is 0 Å². The smallest absolute Gasteiger partial charge is 0.332 e. The Balaban J connectivity index is 3.54. The van der Waals surface area contributed by atoms with E-state index in [1.54, 1.807) is 0 Å². The Morgan fingerprint density at radius 3 is 2.36 bits per heavy atom. The van der Waals surface area contributed by atoms with Gasteiger partial charge in [-0.3, -0.25) is 4.79 Å². The fourth-order valence-corrected chi connectivity index (χ4v) is 0.794. The number of ether oxygens (including phenoxy) is 1. The number of hydrogen-bond acceptors (Lipinski definition) is 3. The second-order valence-electron chi connectivity index (χ2n) is 3.32. The van der Waals surface area contributed by atoms with E-state index in [1.807, 2.05) is 13.8 Å². The predicted octanol–water partition coefficient (Wildman–Crippen LogP) is 0.391. The van der Waals surface area contributed by atoms with Gasteiger partial charge in [-0.15, -0.1) is 0 Å². The van der Waals surface area contributed by atoms with Crippen molar-refractivity contribution in [2.24, 2.45) is 0 Å². The summed E-state index contributed by atoms with van der Waals surface area (Å²) in [5.41, 5.74) is 0. The Bertz CT molecular complexity index is 203. The summed E-state index contributed by atoms with van der Waals surface area (Å²) in [5, 5.41) is 11.1. The third kappa shape index (κ3) is 6.42. The van der Waals surface area contributed by atoms with Gasteiger partial charge in [0, 0.05) is 12.5 Å². The molecule has 5 nitrogen and oxygen atoms in total. The van der Waals surface area contributed by atoms with Crippen LogP contribution in [0.15, 0.2) is 0 Å².